The first-order valence-electron chi connectivity index (χ1n) is 5.10. The highest BCUT2D eigenvalue weighted by Gasteiger charge is 2.10. The lowest BCUT2D eigenvalue weighted by Gasteiger charge is -2.13. The van der Waals surface area contributed by atoms with E-state index in [1.165, 1.54) is 11.8 Å². The SMILES string of the molecule is COC(CSc1cc(C(=O)O)ccc1C)OC. The van der Waals surface area contributed by atoms with Crippen LogP contribution in [0.1, 0.15) is 15.9 Å². The Morgan fingerprint density at radius 2 is 2.06 bits per heavy atom. The van der Waals surface area contributed by atoms with Gasteiger partial charge in [0.25, 0.3) is 0 Å². The second-order valence-corrected chi connectivity index (χ2v) is 4.56. The Hall–Kier alpha value is -1.04. The van der Waals surface area contributed by atoms with E-state index in [4.69, 9.17) is 14.6 Å². The molecule has 0 fully saturated rings. The van der Waals surface area contributed by atoms with Crippen LogP contribution in [0.5, 0.6) is 0 Å². The summed E-state index contributed by atoms with van der Waals surface area (Å²) >= 11 is 1.52. The molecule has 1 rings (SSSR count). The minimum atomic E-state index is -0.915. The highest BCUT2D eigenvalue weighted by molar-refractivity contribution is 7.99. The quantitative estimate of drug-likeness (QED) is 0.625. The van der Waals surface area contributed by atoms with E-state index in [2.05, 4.69) is 0 Å². The molecule has 0 bridgehead atoms. The third-order valence-corrected chi connectivity index (χ3v) is 3.53. The number of ether oxygens (including phenoxy) is 2. The van der Waals surface area contributed by atoms with Crippen LogP contribution in [0, 0.1) is 6.92 Å². The molecular formula is C12H16O4S. The van der Waals surface area contributed by atoms with Crippen molar-refractivity contribution in [1.82, 2.24) is 0 Å². The fraction of sp³-hybridized carbons (Fsp3) is 0.417. The number of hydrogen-bond acceptors (Lipinski definition) is 4. The Bertz CT molecular complexity index is 388. The van der Waals surface area contributed by atoms with Crippen molar-refractivity contribution >= 4 is 17.7 Å². The van der Waals surface area contributed by atoms with Gasteiger partial charge in [-0.05, 0) is 24.6 Å². The van der Waals surface area contributed by atoms with E-state index in [1.54, 1.807) is 32.4 Å². The predicted octanol–water partition coefficient (Wildman–Crippen LogP) is 2.40. The minimum Gasteiger partial charge on any atom is -0.478 e. The van der Waals surface area contributed by atoms with Gasteiger partial charge in [0, 0.05) is 24.9 Å². The Labute approximate surface area is 105 Å². The van der Waals surface area contributed by atoms with E-state index in [0.717, 1.165) is 10.5 Å². The van der Waals surface area contributed by atoms with Gasteiger partial charge >= 0.3 is 5.97 Å². The number of carboxylic acids is 1. The minimum absolute atomic E-state index is 0.284. The lowest BCUT2D eigenvalue weighted by atomic mass is 10.1. The fourth-order valence-electron chi connectivity index (χ4n) is 1.28. The maximum absolute atomic E-state index is 10.9. The number of methoxy groups -OCH3 is 2. The van der Waals surface area contributed by atoms with Gasteiger partial charge in [0.2, 0.25) is 0 Å². The summed E-state index contributed by atoms with van der Waals surface area (Å²) in [7, 11) is 3.16. The van der Waals surface area contributed by atoms with Gasteiger partial charge in [-0.2, -0.15) is 0 Å². The van der Waals surface area contributed by atoms with Crippen LogP contribution in [0.15, 0.2) is 23.1 Å². The van der Waals surface area contributed by atoms with Crippen molar-refractivity contribution in [3.63, 3.8) is 0 Å². The van der Waals surface area contributed by atoms with Crippen molar-refractivity contribution in [1.29, 1.82) is 0 Å². The highest BCUT2D eigenvalue weighted by Crippen LogP contribution is 2.25. The molecule has 4 nitrogen and oxygen atoms in total. The molecule has 1 N–H and O–H groups in total. The molecule has 0 saturated heterocycles. The van der Waals surface area contributed by atoms with Crippen LogP contribution in [0.4, 0.5) is 0 Å². The first-order valence-corrected chi connectivity index (χ1v) is 6.09. The number of carbonyl (C=O) groups is 1. The summed E-state index contributed by atoms with van der Waals surface area (Å²) < 4.78 is 10.2. The Morgan fingerprint density at radius 3 is 2.59 bits per heavy atom. The molecule has 0 aliphatic rings. The van der Waals surface area contributed by atoms with E-state index < -0.39 is 5.97 Å². The van der Waals surface area contributed by atoms with Crippen LogP contribution >= 0.6 is 11.8 Å². The van der Waals surface area contributed by atoms with E-state index in [-0.39, 0.29) is 6.29 Å². The highest BCUT2D eigenvalue weighted by atomic mass is 32.2. The van der Waals surface area contributed by atoms with Crippen molar-refractivity contribution in [2.75, 3.05) is 20.0 Å². The summed E-state index contributed by atoms with van der Waals surface area (Å²) in [6, 6.07) is 5.08. The van der Waals surface area contributed by atoms with Crippen LogP contribution in [-0.4, -0.2) is 37.3 Å². The monoisotopic (exact) mass is 256 g/mol. The molecule has 0 aromatic heterocycles. The molecule has 0 heterocycles. The summed E-state index contributed by atoms with van der Waals surface area (Å²) in [4.78, 5) is 11.8. The van der Waals surface area contributed by atoms with Crippen molar-refractivity contribution in [3.8, 4) is 0 Å². The van der Waals surface area contributed by atoms with Gasteiger partial charge < -0.3 is 14.6 Å². The predicted molar refractivity (Wildman–Crippen MR) is 66.7 cm³/mol. The summed E-state index contributed by atoms with van der Waals surface area (Å²) in [6.07, 6.45) is -0.284. The normalized spacial score (nSPS) is 10.8. The number of aromatic carboxylic acids is 1. The zero-order chi connectivity index (χ0) is 12.8. The van der Waals surface area contributed by atoms with E-state index in [1.807, 2.05) is 6.92 Å². The van der Waals surface area contributed by atoms with Crippen LogP contribution in [0.25, 0.3) is 0 Å². The smallest absolute Gasteiger partial charge is 0.335 e. The van der Waals surface area contributed by atoms with Gasteiger partial charge in [-0.25, -0.2) is 4.79 Å². The average molecular weight is 256 g/mol. The first kappa shape index (κ1) is 14.0. The van der Waals surface area contributed by atoms with Crippen LogP contribution in [0.2, 0.25) is 0 Å². The molecule has 5 heteroatoms. The second kappa shape index (κ2) is 6.64. The number of hydrogen-bond donors (Lipinski definition) is 1. The number of benzene rings is 1. The molecular weight excluding hydrogens is 240 g/mol. The van der Waals surface area contributed by atoms with Crippen LogP contribution in [-0.2, 0) is 9.47 Å². The van der Waals surface area contributed by atoms with E-state index in [0.29, 0.717) is 11.3 Å². The number of aryl methyl sites for hydroxylation is 1. The van der Waals surface area contributed by atoms with E-state index >= 15 is 0 Å². The first-order chi connectivity index (χ1) is 8.08. The number of carboxylic acid groups (broad SMARTS) is 1. The molecule has 0 aliphatic heterocycles. The molecule has 1 aromatic carbocycles. The van der Waals surface area contributed by atoms with Crippen LogP contribution < -0.4 is 0 Å². The zero-order valence-electron chi connectivity index (χ0n) is 10.1. The van der Waals surface area contributed by atoms with Crippen molar-refractivity contribution < 1.29 is 19.4 Å². The molecule has 0 aliphatic carbocycles. The van der Waals surface area contributed by atoms with Crippen molar-refractivity contribution in [2.45, 2.75) is 18.1 Å². The molecule has 0 amide bonds. The molecule has 0 unspecified atom stereocenters. The summed E-state index contributed by atoms with van der Waals surface area (Å²) in [5.41, 5.74) is 1.34. The van der Waals surface area contributed by atoms with Gasteiger partial charge in [-0.1, -0.05) is 6.07 Å². The molecule has 0 saturated carbocycles. The summed E-state index contributed by atoms with van der Waals surface area (Å²) in [6.45, 7) is 1.95. The largest absolute Gasteiger partial charge is 0.478 e. The van der Waals surface area contributed by atoms with Gasteiger partial charge in [-0.3, -0.25) is 0 Å². The fourth-order valence-corrected chi connectivity index (χ4v) is 2.37. The average Bonchev–Trinajstić information content (AvgIpc) is 2.32. The third kappa shape index (κ3) is 4.03. The molecule has 0 radical (unpaired) electrons. The number of rotatable bonds is 6. The summed E-state index contributed by atoms with van der Waals surface area (Å²) in [5, 5.41) is 8.91. The van der Waals surface area contributed by atoms with Crippen LogP contribution in [0.3, 0.4) is 0 Å². The van der Waals surface area contributed by atoms with Gasteiger partial charge in [-0.15, -0.1) is 11.8 Å². The van der Waals surface area contributed by atoms with Gasteiger partial charge in [0.15, 0.2) is 6.29 Å². The lowest BCUT2D eigenvalue weighted by Crippen LogP contribution is -2.15. The van der Waals surface area contributed by atoms with Gasteiger partial charge in [0.1, 0.15) is 0 Å². The molecule has 1 aromatic rings. The Morgan fingerprint density at radius 1 is 1.41 bits per heavy atom. The third-order valence-electron chi connectivity index (χ3n) is 2.34. The maximum atomic E-state index is 10.9. The molecule has 17 heavy (non-hydrogen) atoms. The molecule has 94 valence electrons. The van der Waals surface area contributed by atoms with Crippen molar-refractivity contribution in [3.05, 3.63) is 29.3 Å². The second-order valence-electron chi connectivity index (χ2n) is 3.50. The van der Waals surface area contributed by atoms with Gasteiger partial charge in [0.05, 0.1) is 5.56 Å². The standard InChI is InChI=1S/C12H16O4S/c1-8-4-5-9(12(13)14)6-10(8)17-7-11(15-2)16-3/h4-6,11H,7H2,1-3H3,(H,13,14). The van der Waals surface area contributed by atoms with E-state index in [9.17, 15) is 4.79 Å². The lowest BCUT2D eigenvalue weighted by molar-refractivity contribution is -0.0842. The summed E-state index contributed by atoms with van der Waals surface area (Å²) in [5.74, 6) is -0.293. The maximum Gasteiger partial charge on any atom is 0.335 e. The Balaban J connectivity index is 2.75. The zero-order valence-corrected chi connectivity index (χ0v) is 10.9. The molecule has 0 spiro atoms. The molecule has 0 atom stereocenters. The topological polar surface area (TPSA) is 55.8 Å². The van der Waals surface area contributed by atoms with Crippen molar-refractivity contribution in [2.24, 2.45) is 0 Å². The Kier molecular flexibility index (Phi) is 5.47. The number of thioether (sulfide) groups is 1.